The highest BCUT2D eigenvalue weighted by Crippen LogP contribution is 2.22. The zero-order valence-electron chi connectivity index (χ0n) is 10.6. The Morgan fingerprint density at radius 1 is 1.35 bits per heavy atom. The Labute approximate surface area is 109 Å². The molecule has 1 fully saturated rings. The van der Waals surface area contributed by atoms with E-state index in [2.05, 4.69) is 18.7 Å². The molecule has 6 heteroatoms. The van der Waals surface area contributed by atoms with Crippen molar-refractivity contribution in [1.82, 2.24) is 4.90 Å². The van der Waals surface area contributed by atoms with Crippen LogP contribution in [-0.4, -0.2) is 49.4 Å². The lowest BCUT2D eigenvalue weighted by molar-refractivity contribution is 0.276. The largest absolute Gasteiger partial charge is 0.393 e. The first kappa shape index (κ1) is 14.9. The Kier molecular flexibility index (Phi) is 4.92. The van der Waals surface area contributed by atoms with E-state index in [1.165, 1.54) is 0 Å². The van der Waals surface area contributed by atoms with E-state index in [4.69, 9.17) is 18.0 Å². The summed E-state index contributed by atoms with van der Waals surface area (Å²) in [5.74, 6) is 0.595. The number of hydrogen-bond acceptors (Lipinski definition) is 4. The second-order valence-electron chi connectivity index (χ2n) is 5.35. The molecule has 17 heavy (non-hydrogen) atoms. The summed E-state index contributed by atoms with van der Waals surface area (Å²) in [5.41, 5.74) is 5.56. The average molecular weight is 278 g/mol. The number of rotatable bonds is 5. The molecule has 0 aromatic carbocycles. The molecule has 100 valence electrons. The Morgan fingerprint density at radius 3 is 2.35 bits per heavy atom. The Hall–Kier alpha value is -0.200. The third kappa shape index (κ3) is 4.89. The van der Waals surface area contributed by atoms with Gasteiger partial charge in [0.25, 0.3) is 0 Å². The first-order valence-corrected chi connectivity index (χ1v) is 8.19. The molecule has 1 aliphatic heterocycles. The van der Waals surface area contributed by atoms with Gasteiger partial charge in [-0.3, -0.25) is 0 Å². The Morgan fingerprint density at radius 2 is 1.88 bits per heavy atom. The van der Waals surface area contributed by atoms with Gasteiger partial charge >= 0.3 is 0 Å². The van der Waals surface area contributed by atoms with E-state index in [9.17, 15) is 8.42 Å². The van der Waals surface area contributed by atoms with Crippen LogP contribution in [0.1, 0.15) is 26.7 Å². The summed E-state index contributed by atoms with van der Waals surface area (Å²) in [6.45, 7) is 6.36. The summed E-state index contributed by atoms with van der Waals surface area (Å²) < 4.78 is 22.5. The summed E-state index contributed by atoms with van der Waals surface area (Å²) in [6.07, 6.45) is 1.95. The first-order valence-electron chi connectivity index (χ1n) is 5.96. The van der Waals surface area contributed by atoms with E-state index in [1.807, 2.05) is 0 Å². The standard InChI is InChI=1S/C11H22N2O2S2/c1-11(2,10(12)16)4-3-5-13-6-8-17(14,15)9-7-13/h3-9H2,1-2H3,(H2,12,16). The topological polar surface area (TPSA) is 63.4 Å². The molecule has 0 spiro atoms. The van der Waals surface area contributed by atoms with Crippen molar-refractivity contribution in [3.63, 3.8) is 0 Å². The number of nitrogens with two attached hydrogens (primary N) is 1. The minimum atomic E-state index is -2.76. The molecule has 0 radical (unpaired) electrons. The predicted octanol–water partition coefficient (Wildman–Crippen LogP) is 0.809. The van der Waals surface area contributed by atoms with E-state index < -0.39 is 9.84 Å². The number of hydrogen-bond donors (Lipinski definition) is 1. The smallest absolute Gasteiger partial charge is 0.152 e. The lowest BCUT2D eigenvalue weighted by Crippen LogP contribution is -2.41. The van der Waals surface area contributed by atoms with Gasteiger partial charge in [0.15, 0.2) is 9.84 Å². The Bertz CT molecular complexity index is 363. The van der Waals surface area contributed by atoms with Gasteiger partial charge in [-0.15, -0.1) is 0 Å². The first-order chi connectivity index (χ1) is 7.73. The fraction of sp³-hybridized carbons (Fsp3) is 0.909. The van der Waals surface area contributed by atoms with Crippen molar-refractivity contribution in [2.45, 2.75) is 26.7 Å². The second kappa shape index (κ2) is 5.63. The van der Waals surface area contributed by atoms with Crippen molar-refractivity contribution in [2.75, 3.05) is 31.1 Å². The normalized spacial score (nSPS) is 21.3. The van der Waals surface area contributed by atoms with Crippen LogP contribution in [0.3, 0.4) is 0 Å². The van der Waals surface area contributed by atoms with Crippen molar-refractivity contribution in [3.8, 4) is 0 Å². The molecular formula is C11H22N2O2S2. The SMILES string of the molecule is CC(C)(CCCN1CCS(=O)(=O)CC1)C(N)=S. The van der Waals surface area contributed by atoms with Gasteiger partial charge in [0.2, 0.25) is 0 Å². The van der Waals surface area contributed by atoms with Crippen LogP contribution in [0.5, 0.6) is 0 Å². The van der Waals surface area contributed by atoms with Crippen molar-refractivity contribution in [3.05, 3.63) is 0 Å². The maximum atomic E-state index is 11.3. The van der Waals surface area contributed by atoms with E-state index in [-0.39, 0.29) is 5.41 Å². The molecule has 0 aliphatic carbocycles. The van der Waals surface area contributed by atoms with E-state index in [0.29, 0.717) is 29.6 Å². The average Bonchev–Trinajstić information content (AvgIpc) is 2.20. The zero-order chi connectivity index (χ0) is 13.1. The van der Waals surface area contributed by atoms with Crippen LogP contribution < -0.4 is 5.73 Å². The van der Waals surface area contributed by atoms with Crippen LogP contribution in [0.4, 0.5) is 0 Å². The van der Waals surface area contributed by atoms with Crippen LogP contribution in [0.2, 0.25) is 0 Å². The molecule has 0 bridgehead atoms. The van der Waals surface area contributed by atoms with Crippen molar-refractivity contribution >= 4 is 27.0 Å². The number of nitrogens with zero attached hydrogens (tertiary/aromatic N) is 1. The maximum absolute atomic E-state index is 11.3. The minimum absolute atomic E-state index is 0.100. The molecule has 1 heterocycles. The maximum Gasteiger partial charge on any atom is 0.152 e. The van der Waals surface area contributed by atoms with Crippen LogP contribution in [0, 0.1) is 5.41 Å². The molecule has 0 amide bonds. The van der Waals surface area contributed by atoms with E-state index >= 15 is 0 Å². The zero-order valence-corrected chi connectivity index (χ0v) is 12.2. The van der Waals surface area contributed by atoms with Crippen LogP contribution in [0.25, 0.3) is 0 Å². The highest BCUT2D eigenvalue weighted by Gasteiger charge is 2.23. The lowest BCUT2D eigenvalue weighted by Gasteiger charge is -2.28. The van der Waals surface area contributed by atoms with Crippen molar-refractivity contribution in [2.24, 2.45) is 11.1 Å². The van der Waals surface area contributed by atoms with Gasteiger partial charge in [-0.2, -0.15) is 0 Å². The highest BCUT2D eigenvalue weighted by molar-refractivity contribution is 7.91. The minimum Gasteiger partial charge on any atom is -0.393 e. The van der Waals surface area contributed by atoms with Gasteiger partial charge in [-0.05, 0) is 19.4 Å². The summed E-state index contributed by atoms with van der Waals surface area (Å²) in [5, 5.41) is 0. The third-order valence-corrected chi connectivity index (χ3v) is 5.54. The van der Waals surface area contributed by atoms with Crippen molar-refractivity contribution in [1.29, 1.82) is 0 Å². The molecule has 0 unspecified atom stereocenters. The lowest BCUT2D eigenvalue weighted by atomic mass is 9.88. The third-order valence-electron chi connectivity index (χ3n) is 3.38. The summed E-state index contributed by atoms with van der Waals surface area (Å²) in [6, 6.07) is 0. The Balaban J connectivity index is 2.27. The van der Waals surface area contributed by atoms with Crippen LogP contribution in [-0.2, 0) is 9.84 Å². The van der Waals surface area contributed by atoms with Gasteiger partial charge < -0.3 is 10.6 Å². The molecular weight excluding hydrogens is 256 g/mol. The van der Waals surface area contributed by atoms with Gasteiger partial charge in [-0.1, -0.05) is 26.1 Å². The molecule has 1 aliphatic rings. The van der Waals surface area contributed by atoms with Crippen molar-refractivity contribution < 1.29 is 8.42 Å². The van der Waals surface area contributed by atoms with E-state index in [0.717, 1.165) is 19.4 Å². The van der Waals surface area contributed by atoms with Crippen LogP contribution >= 0.6 is 12.2 Å². The van der Waals surface area contributed by atoms with Gasteiger partial charge in [-0.25, -0.2) is 8.42 Å². The quantitative estimate of drug-likeness (QED) is 0.754. The van der Waals surface area contributed by atoms with Gasteiger partial charge in [0.1, 0.15) is 0 Å². The molecule has 2 N–H and O–H groups in total. The fourth-order valence-electron chi connectivity index (χ4n) is 1.84. The molecule has 1 saturated heterocycles. The fourth-order valence-corrected chi connectivity index (χ4v) is 3.22. The highest BCUT2D eigenvalue weighted by atomic mass is 32.2. The number of thiocarbonyl (C=S) groups is 1. The summed E-state index contributed by atoms with van der Waals surface area (Å²) in [4.78, 5) is 2.76. The molecule has 0 aromatic heterocycles. The van der Waals surface area contributed by atoms with E-state index in [1.54, 1.807) is 0 Å². The predicted molar refractivity (Wildman–Crippen MR) is 74.9 cm³/mol. The molecule has 4 nitrogen and oxygen atoms in total. The molecule has 0 atom stereocenters. The second-order valence-corrected chi connectivity index (χ2v) is 8.09. The monoisotopic (exact) mass is 278 g/mol. The molecule has 1 rings (SSSR count). The van der Waals surface area contributed by atoms with Crippen LogP contribution in [0.15, 0.2) is 0 Å². The molecule has 0 saturated carbocycles. The summed E-state index contributed by atoms with van der Waals surface area (Å²) >= 11 is 5.02. The summed E-state index contributed by atoms with van der Waals surface area (Å²) in [7, 11) is -2.76. The number of sulfone groups is 1. The van der Waals surface area contributed by atoms with Gasteiger partial charge in [0.05, 0.1) is 16.5 Å². The molecule has 0 aromatic rings. The van der Waals surface area contributed by atoms with Gasteiger partial charge in [0, 0.05) is 18.5 Å².